The van der Waals surface area contributed by atoms with Gasteiger partial charge < -0.3 is 14.6 Å². The maximum absolute atomic E-state index is 14.7. The fourth-order valence-corrected chi connectivity index (χ4v) is 4.71. The van der Waals surface area contributed by atoms with E-state index in [0.29, 0.717) is 23.1 Å². The van der Waals surface area contributed by atoms with Gasteiger partial charge in [-0.25, -0.2) is 4.39 Å². The van der Waals surface area contributed by atoms with E-state index >= 15 is 0 Å². The molecule has 0 fully saturated rings. The van der Waals surface area contributed by atoms with E-state index in [0.717, 1.165) is 6.07 Å². The van der Waals surface area contributed by atoms with Gasteiger partial charge in [0.2, 0.25) is 5.82 Å². The molecule has 43 heavy (non-hydrogen) atoms. The van der Waals surface area contributed by atoms with Gasteiger partial charge in [-0.1, -0.05) is 49.3 Å². The smallest absolute Gasteiger partial charge is 0.417 e. The predicted molar refractivity (Wildman–Crippen MR) is 156 cm³/mol. The van der Waals surface area contributed by atoms with Crippen molar-refractivity contribution in [2.45, 2.75) is 72.3 Å². The maximum atomic E-state index is 14.7. The number of alkyl halides is 3. The molecule has 228 valence electrons. The van der Waals surface area contributed by atoms with Crippen molar-refractivity contribution >= 4 is 5.97 Å². The number of esters is 1. The molecule has 0 aliphatic heterocycles. The van der Waals surface area contributed by atoms with E-state index in [9.17, 15) is 22.4 Å². The van der Waals surface area contributed by atoms with E-state index in [-0.39, 0.29) is 40.9 Å². The Kier molecular flexibility index (Phi) is 9.39. The van der Waals surface area contributed by atoms with Crippen molar-refractivity contribution in [2.75, 3.05) is 0 Å². The average molecular weight is 598 g/mol. The van der Waals surface area contributed by atoms with Crippen molar-refractivity contribution in [3.8, 4) is 34.0 Å². The van der Waals surface area contributed by atoms with E-state index in [4.69, 9.17) is 9.26 Å². The molecule has 0 aliphatic rings. The predicted octanol–water partition coefficient (Wildman–Crippen LogP) is 8.38. The minimum Gasteiger partial charge on any atom is -0.459 e. The summed E-state index contributed by atoms with van der Waals surface area (Å²) < 4.78 is 67.8. The van der Waals surface area contributed by atoms with E-state index in [1.54, 1.807) is 58.0 Å². The molecular formula is C33H35F4N3O3. The number of carbonyl (C=O) groups excluding carboxylic acids is 1. The monoisotopic (exact) mass is 597 g/mol. The SMILES string of the molecule is Cc1ccccc1-c1ccc(-c2nc(-c3cc(F)cc(CN[C@@H](CC(C)C)C(=O)OC(C)(C)C)c3)no2)cc1C(F)(F)F. The molecule has 0 saturated heterocycles. The lowest BCUT2D eigenvalue weighted by molar-refractivity contribution is -0.158. The third-order valence-electron chi connectivity index (χ3n) is 6.60. The van der Waals surface area contributed by atoms with Gasteiger partial charge in [0.15, 0.2) is 0 Å². The number of nitrogens with one attached hydrogen (secondary N) is 1. The summed E-state index contributed by atoms with van der Waals surface area (Å²) in [4.78, 5) is 17.0. The number of ether oxygens (including phenoxy) is 1. The zero-order valence-corrected chi connectivity index (χ0v) is 25.0. The van der Waals surface area contributed by atoms with Crippen molar-refractivity contribution in [1.29, 1.82) is 0 Å². The Hall–Kier alpha value is -4.05. The first-order valence-corrected chi connectivity index (χ1v) is 14.0. The maximum Gasteiger partial charge on any atom is 0.417 e. The van der Waals surface area contributed by atoms with Gasteiger partial charge in [-0.15, -0.1) is 0 Å². The number of hydrogen-bond acceptors (Lipinski definition) is 6. The Morgan fingerprint density at radius 1 is 0.977 bits per heavy atom. The Morgan fingerprint density at radius 3 is 2.35 bits per heavy atom. The van der Waals surface area contributed by atoms with Gasteiger partial charge in [0, 0.05) is 17.7 Å². The fourth-order valence-electron chi connectivity index (χ4n) is 4.71. The number of carbonyl (C=O) groups is 1. The molecule has 1 aromatic heterocycles. The second-order valence-electron chi connectivity index (χ2n) is 11.9. The van der Waals surface area contributed by atoms with Crippen LogP contribution in [0.1, 0.15) is 57.7 Å². The van der Waals surface area contributed by atoms with E-state index in [1.807, 2.05) is 13.8 Å². The Morgan fingerprint density at radius 2 is 1.70 bits per heavy atom. The zero-order valence-electron chi connectivity index (χ0n) is 25.0. The van der Waals surface area contributed by atoms with Crippen LogP contribution in [0, 0.1) is 18.7 Å². The second kappa shape index (κ2) is 12.7. The molecule has 0 spiro atoms. The highest BCUT2D eigenvalue weighted by Crippen LogP contribution is 2.40. The molecular weight excluding hydrogens is 562 g/mol. The summed E-state index contributed by atoms with van der Waals surface area (Å²) in [5, 5.41) is 7.06. The fraction of sp³-hybridized carbons (Fsp3) is 0.364. The van der Waals surface area contributed by atoms with Crippen LogP contribution in [0.15, 0.2) is 65.2 Å². The van der Waals surface area contributed by atoms with E-state index < -0.39 is 35.2 Å². The van der Waals surface area contributed by atoms with Gasteiger partial charge >= 0.3 is 12.1 Å². The number of halogens is 4. The molecule has 10 heteroatoms. The van der Waals surface area contributed by atoms with Crippen LogP contribution in [0.25, 0.3) is 34.0 Å². The molecule has 0 radical (unpaired) electrons. The normalized spacial score (nSPS) is 12.9. The van der Waals surface area contributed by atoms with Gasteiger partial charge in [-0.3, -0.25) is 4.79 Å². The highest BCUT2D eigenvalue weighted by atomic mass is 19.4. The minimum atomic E-state index is -4.63. The third-order valence-corrected chi connectivity index (χ3v) is 6.60. The Balaban J connectivity index is 1.60. The first-order valence-electron chi connectivity index (χ1n) is 14.0. The largest absolute Gasteiger partial charge is 0.459 e. The number of rotatable bonds is 9. The number of hydrogen-bond donors (Lipinski definition) is 1. The zero-order chi connectivity index (χ0) is 31.5. The van der Waals surface area contributed by atoms with Gasteiger partial charge in [0.05, 0.1) is 5.56 Å². The van der Waals surface area contributed by atoms with Crippen molar-refractivity contribution < 1.29 is 31.6 Å². The van der Waals surface area contributed by atoms with Crippen LogP contribution in [0.2, 0.25) is 0 Å². The third kappa shape index (κ3) is 8.28. The molecule has 1 atom stereocenters. The summed E-state index contributed by atoms with van der Waals surface area (Å²) in [6, 6.07) is 14.2. The Bertz CT molecular complexity index is 1590. The lowest BCUT2D eigenvalue weighted by Gasteiger charge is -2.25. The van der Waals surface area contributed by atoms with Crippen LogP contribution >= 0.6 is 0 Å². The lowest BCUT2D eigenvalue weighted by Crippen LogP contribution is -2.41. The molecule has 0 bridgehead atoms. The molecule has 0 aliphatic carbocycles. The number of aryl methyl sites for hydroxylation is 1. The van der Waals surface area contributed by atoms with Crippen molar-refractivity contribution in [3.05, 3.63) is 83.2 Å². The molecule has 6 nitrogen and oxygen atoms in total. The molecule has 3 aromatic carbocycles. The van der Waals surface area contributed by atoms with Crippen molar-refractivity contribution in [2.24, 2.45) is 5.92 Å². The standard InChI is InChI=1S/C33H35F4N3O3/c1-19(2)13-28(31(41)42-32(4,5)6)38-18-21-14-23(16-24(34)15-21)29-39-30(43-40-29)22-11-12-26(27(17-22)33(35,36)37)25-10-8-7-9-20(25)3/h7-12,14-17,19,28,38H,13,18H2,1-6H3/t28-/m0/s1. The van der Waals surface area contributed by atoms with Gasteiger partial charge in [-0.2, -0.15) is 18.2 Å². The summed E-state index contributed by atoms with van der Waals surface area (Å²) in [5.41, 5.74) is 0.596. The summed E-state index contributed by atoms with van der Waals surface area (Å²) in [7, 11) is 0. The molecule has 1 heterocycles. The van der Waals surface area contributed by atoms with Crippen LogP contribution in [0.4, 0.5) is 17.6 Å². The minimum absolute atomic E-state index is 0.0122. The van der Waals surface area contributed by atoms with Gasteiger partial charge in [0.1, 0.15) is 17.5 Å². The van der Waals surface area contributed by atoms with E-state index in [2.05, 4.69) is 15.5 Å². The topological polar surface area (TPSA) is 77.2 Å². The van der Waals surface area contributed by atoms with Gasteiger partial charge in [-0.05, 0) is 92.6 Å². The molecule has 4 aromatic rings. The van der Waals surface area contributed by atoms with E-state index in [1.165, 1.54) is 24.3 Å². The quantitative estimate of drug-likeness (QED) is 0.154. The average Bonchev–Trinajstić information content (AvgIpc) is 3.40. The van der Waals surface area contributed by atoms with Crippen LogP contribution in [0.3, 0.4) is 0 Å². The van der Waals surface area contributed by atoms with Crippen LogP contribution in [0.5, 0.6) is 0 Å². The Labute approximate surface area is 248 Å². The lowest BCUT2D eigenvalue weighted by atomic mass is 9.94. The number of aromatic nitrogens is 2. The first kappa shape index (κ1) is 31.9. The summed E-state index contributed by atoms with van der Waals surface area (Å²) >= 11 is 0. The molecule has 0 saturated carbocycles. The van der Waals surface area contributed by atoms with Crippen LogP contribution in [-0.2, 0) is 22.3 Å². The summed E-state index contributed by atoms with van der Waals surface area (Å²) in [5.74, 6) is -0.886. The molecule has 4 rings (SSSR count). The van der Waals surface area contributed by atoms with Gasteiger partial charge in [0.25, 0.3) is 5.89 Å². The summed E-state index contributed by atoms with van der Waals surface area (Å²) in [6.07, 6.45) is -4.11. The highest BCUT2D eigenvalue weighted by molar-refractivity contribution is 5.76. The first-order chi connectivity index (χ1) is 20.1. The number of nitrogens with zero attached hydrogens (tertiary/aromatic N) is 2. The number of benzene rings is 3. The van der Waals surface area contributed by atoms with Crippen LogP contribution in [-0.4, -0.2) is 27.8 Å². The highest BCUT2D eigenvalue weighted by Gasteiger charge is 2.35. The second-order valence-corrected chi connectivity index (χ2v) is 11.9. The molecule has 1 N–H and O–H groups in total. The molecule has 0 amide bonds. The van der Waals surface area contributed by atoms with Crippen LogP contribution < -0.4 is 5.32 Å². The summed E-state index contributed by atoms with van der Waals surface area (Å²) in [6.45, 7) is 11.2. The molecule has 0 unspecified atom stereocenters. The van der Waals surface area contributed by atoms with Crippen molar-refractivity contribution in [3.63, 3.8) is 0 Å². The van der Waals surface area contributed by atoms with Crippen molar-refractivity contribution in [1.82, 2.24) is 15.5 Å².